The predicted octanol–water partition coefficient (Wildman–Crippen LogP) is 2.00. The number of carbonyl (C=O) groups is 1. The minimum atomic E-state index is -1.10. The summed E-state index contributed by atoms with van der Waals surface area (Å²) >= 11 is -1.10. The average molecular weight is 256 g/mol. The Bertz CT molecular complexity index is 390. The number of hydrogen-bond acceptors (Lipinski definition) is 4. The van der Waals surface area contributed by atoms with Gasteiger partial charge in [-0.25, -0.2) is 4.79 Å². The molecule has 0 heterocycles. The zero-order chi connectivity index (χ0) is 12.8. The molecule has 0 amide bonds. The Balaban J connectivity index is 3.07. The van der Waals surface area contributed by atoms with E-state index in [0.717, 1.165) is 0 Å². The average Bonchev–Trinajstić information content (AvgIpc) is 2.29. The normalized spacial score (nSPS) is 12.0. The van der Waals surface area contributed by atoms with Crippen LogP contribution >= 0.6 is 0 Å². The third kappa shape index (κ3) is 3.64. The lowest BCUT2D eigenvalue weighted by Gasteiger charge is -2.11. The number of carbonyl (C=O) groups excluding carboxylic acids is 1. The summed E-state index contributed by atoms with van der Waals surface area (Å²) in [4.78, 5) is 12.3. The smallest absolute Gasteiger partial charge is 0.341 e. The van der Waals surface area contributed by atoms with Gasteiger partial charge in [0.1, 0.15) is 17.6 Å². The van der Waals surface area contributed by atoms with Crippen LogP contribution in [0.2, 0.25) is 0 Å². The lowest BCUT2D eigenvalue weighted by Crippen LogP contribution is -2.09. The first-order chi connectivity index (χ1) is 8.10. The number of hydrogen-bond donors (Lipinski definition) is 0. The van der Waals surface area contributed by atoms with Crippen LogP contribution in [0.5, 0.6) is 5.75 Å². The molecule has 0 aromatic heterocycles. The van der Waals surface area contributed by atoms with Crippen molar-refractivity contribution in [1.29, 1.82) is 0 Å². The van der Waals surface area contributed by atoms with Gasteiger partial charge in [-0.05, 0) is 37.2 Å². The first-order valence-electron chi connectivity index (χ1n) is 5.37. The first-order valence-corrected chi connectivity index (χ1v) is 6.93. The molecule has 0 aliphatic rings. The molecule has 4 nitrogen and oxygen atoms in total. The van der Waals surface area contributed by atoms with E-state index < -0.39 is 17.1 Å². The summed E-state index contributed by atoms with van der Waals surface area (Å²) in [6.45, 7) is 4.32. The highest BCUT2D eigenvalue weighted by atomic mass is 32.2. The Labute approximate surface area is 104 Å². The van der Waals surface area contributed by atoms with E-state index in [-0.39, 0.29) is 0 Å². The molecule has 0 radical (unpaired) electrons. The summed E-state index contributed by atoms with van der Waals surface area (Å²) in [6, 6.07) is 4.84. The van der Waals surface area contributed by atoms with Crippen molar-refractivity contribution in [3.05, 3.63) is 23.8 Å². The van der Waals surface area contributed by atoms with Crippen molar-refractivity contribution in [3.8, 4) is 5.75 Å². The molecular weight excluding hydrogens is 240 g/mol. The number of rotatable bonds is 5. The standard InChI is InChI=1S/C12H16O4S/c1-4-15-11-8-9(17(3)14)6-7-10(11)12(13)16-5-2/h6-8H,4-5H2,1-3H3. The van der Waals surface area contributed by atoms with Crippen LogP contribution in [-0.4, -0.2) is 30.0 Å². The molecule has 1 rings (SSSR count). The summed E-state index contributed by atoms with van der Waals surface area (Å²) in [5, 5.41) is 0. The zero-order valence-electron chi connectivity index (χ0n) is 10.2. The van der Waals surface area contributed by atoms with E-state index >= 15 is 0 Å². The van der Waals surface area contributed by atoms with E-state index in [0.29, 0.717) is 29.4 Å². The van der Waals surface area contributed by atoms with Gasteiger partial charge in [0.25, 0.3) is 0 Å². The summed E-state index contributed by atoms with van der Waals surface area (Å²) in [5.74, 6) is -0.0111. The predicted molar refractivity (Wildman–Crippen MR) is 65.9 cm³/mol. The monoisotopic (exact) mass is 256 g/mol. The van der Waals surface area contributed by atoms with Gasteiger partial charge < -0.3 is 14.0 Å². The Morgan fingerprint density at radius 1 is 1.35 bits per heavy atom. The second-order valence-electron chi connectivity index (χ2n) is 3.27. The van der Waals surface area contributed by atoms with Crippen molar-refractivity contribution in [2.75, 3.05) is 19.5 Å². The highest BCUT2D eigenvalue weighted by molar-refractivity contribution is 7.90. The molecule has 1 unspecified atom stereocenters. The zero-order valence-corrected chi connectivity index (χ0v) is 11.0. The second-order valence-corrected chi connectivity index (χ2v) is 4.65. The van der Waals surface area contributed by atoms with Gasteiger partial charge in [0.15, 0.2) is 4.90 Å². The van der Waals surface area contributed by atoms with Crippen molar-refractivity contribution >= 4 is 17.1 Å². The van der Waals surface area contributed by atoms with Gasteiger partial charge in [-0.2, -0.15) is 0 Å². The van der Waals surface area contributed by atoms with Crippen molar-refractivity contribution < 1.29 is 18.8 Å². The molecule has 0 saturated carbocycles. The topological polar surface area (TPSA) is 58.6 Å². The van der Waals surface area contributed by atoms with E-state index in [2.05, 4.69) is 0 Å². The van der Waals surface area contributed by atoms with Gasteiger partial charge in [-0.3, -0.25) is 0 Å². The lowest BCUT2D eigenvalue weighted by atomic mass is 10.2. The molecule has 94 valence electrons. The van der Waals surface area contributed by atoms with Crippen LogP contribution in [0.25, 0.3) is 0 Å². The van der Waals surface area contributed by atoms with Crippen LogP contribution in [0.1, 0.15) is 24.2 Å². The minimum Gasteiger partial charge on any atom is -0.612 e. The van der Waals surface area contributed by atoms with E-state index in [4.69, 9.17) is 9.47 Å². The third-order valence-electron chi connectivity index (χ3n) is 2.08. The molecule has 0 spiro atoms. The fraction of sp³-hybridized carbons (Fsp3) is 0.417. The first kappa shape index (κ1) is 13.9. The van der Waals surface area contributed by atoms with Crippen molar-refractivity contribution in [2.45, 2.75) is 18.7 Å². The number of esters is 1. The molecule has 0 N–H and O–H groups in total. The Morgan fingerprint density at radius 2 is 2.06 bits per heavy atom. The Hall–Kier alpha value is -1.20. The lowest BCUT2D eigenvalue weighted by molar-refractivity contribution is 0.0522. The van der Waals surface area contributed by atoms with Crippen molar-refractivity contribution in [1.82, 2.24) is 0 Å². The van der Waals surface area contributed by atoms with Crippen LogP contribution in [0, 0.1) is 0 Å². The SMILES string of the molecule is CCOC(=O)c1ccc([S+](C)[O-])cc1OCC. The van der Waals surface area contributed by atoms with Crippen LogP contribution in [0.4, 0.5) is 0 Å². The second kappa shape index (κ2) is 6.51. The molecule has 1 aromatic carbocycles. The summed E-state index contributed by atoms with van der Waals surface area (Å²) in [6.07, 6.45) is 1.58. The summed E-state index contributed by atoms with van der Waals surface area (Å²) < 4.78 is 21.6. The quantitative estimate of drug-likeness (QED) is 0.597. The molecule has 0 aliphatic heterocycles. The molecule has 0 fully saturated rings. The third-order valence-corrected chi connectivity index (χ3v) is 3.00. The molecule has 1 aromatic rings. The van der Waals surface area contributed by atoms with Gasteiger partial charge in [0, 0.05) is 6.07 Å². The van der Waals surface area contributed by atoms with Crippen molar-refractivity contribution in [2.24, 2.45) is 0 Å². The van der Waals surface area contributed by atoms with Gasteiger partial charge in [0.2, 0.25) is 0 Å². The van der Waals surface area contributed by atoms with Gasteiger partial charge in [-0.1, -0.05) is 0 Å². The maximum atomic E-state index is 11.6. The number of ether oxygens (including phenoxy) is 2. The highest BCUT2D eigenvalue weighted by Gasteiger charge is 2.17. The molecule has 17 heavy (non-hydrogen) atoms. The maximum Gasteiger partial charge on any atom is 0.341 e. The van der Waals surface area contributed by atoms with Crippen LogP contribution in [0.15, 0.2) is 23.1 Å². The number of benzene rings is 1. The molecule has 0 aliphatic carbocycles. The Morgan fingerprint density at radius 3 is 2.59 bits per heavy atom. The summed E-state index contributed by atoms with van der Waals surface area (Å²) in [7, 11) is 0. The molecule has 5 heteroatoms. The van der Waals surface area contributed by atoms with Crippen molar-refractivity contribution in [3.63, 3.8) is 0 Å². The molecular formula is C12H16O4S. The van der Waals surface area contributed by atoms with E-state index in [9.17, 15) is 9.35 Å². The van der Waals surface area contributed by atoms with Gasteiger partial charge in [-0.15, -0.1) is 0 Å². The van der Waals surface area contributed by atoms with Gasteiger partial charge in [0.05, 0.1) is 13.2 Å². The maximum absolute atomic E-state index is 11.6. The van der Waals surface area contributed by atoms with E-state index in [1.165, 1.54) is 0 Å². The van der Waals surface area contributed by atoms with Crippen LogP contribution in [-0.2, 0) is 15.9 Å². The Kier molecular flexibility index (Phi) is 5.31. The largest absolute Gasteiger partial charge is 0.612 e. The van der Waals surface area contributed by atoms with Gasteiger partial charge >= 0.3 is 5.97 Å². The molecule has 1 atom stereocenters. The fourth-order valence-corrected chi connectivity index (χ4v) is 1.87. The fourth-order valence-electron chi connectivity index (χ4n) is 1.33. The van der Waals surface area contributed by atoms with Crippen LogP contribution in [0.3, 0.4) is 0 Å². The molecule has 0 saturated heterocycles. The molecule has 0 bridgehead atoms. The van der Waals surface area contributed by atoms with Crippen LogP contribution < -0.4 is 4.74 Å². The highest BCUT2D eigenvalue weighted by Crippen LogP contribution is 2.24. The van der Waals surface area contributed by atoms with E-state index in [1.54, 1.807) is 31.4 Å². The minimum absolute atomic E-state index is 0.311. The van der Waals surface area contributed by atoms with E-state index in [1.807, 2.05) is 6.92 Å². The summed E-state index contributed by atoms with van der Waals surface area (Å²) in [5.41, 5.74) is 0.364.